The number of carbonyl (C=O) groups excluding carboxylic acids is 2. The van der Waals surface area contributed by atoms with E-state index in [1.165, 1.54) is 24.8 Å². The average Bonchev–Trinajstić information content (AvgIpc) is 3.02. The predicted molar refractivity (Wildman–Crippen MR) is 90.3 cm³/mol. The Hall–Kier alpha value is -0.960. The first-order valence-corrected chi connectivity index (χ1v) is 9.83. The summed E-state index contributed by atoms with van der Waals surface area (Å²) in [5, 5.41) is 0. The molecule has 24 heavy (non-hydrogen) atoms. The average molecular weight is 328 g/mol. The van der Waals surface area contributed by atoms with E-state index >= 15 is 0 Å². The molecule has 1 saturated heterocycles. The predicted octanol–water partition coefficient (Wildman–Crippen LogP) is 3.71. The van der Waals surface area contributed by atoms with Gasteiger partial charge in [-0.15, -0.1) is 0 Å². The van der Waals surface area contributed by atoms with Crippen molar-refractivity contribution in [2.75, 3.05) is 6.61 Å². The molecule has 0 aromatic carbocycles. The molecule has 1 aliphatic heterocycles. The SMILES string of the molecule is CC(=O)[C@H]1CC[C@H]2[C@@H]3CC4OC[C@@]5(CCC(=O)C=C45)[C@H]3CC[C@]12C. The maximum atomic E-state index is 12.2. The first kappa shape index (κ1) is 15.3. The summed E-state index contributed by atoms with van der Waals surface area (Å²) in [4.78, 5) is 24.2. The lowest BCUT2D eigenvalue weighted by Gasteiger charge is -2.56. The van der Waals surface area contributed by atoms with Gasteiger partial charge < -0.3 is 4.74 Å². The van der Waals surface area contributed by atoms with Crippen molar-refractivity contribution in [1.82, 2.24) is 0 Å². The van der Waals surface area contributed by atoms with Gasteiger partial charge in [-0.1, -0.05) is 6.92 Å². The molecule has 1 heterocycles. The van der Waals surface area contributed by atoms with Crippen LogP contribution in [0, 0.1) is 34.5 Å². The molecule has 0 radical (unpaired) electrons. The first-order chi connectivity index (χ1) is 11.5. The third kappa shape index (κ3) is 1.72. The van der Waals surface area contributed by atoms with E-state index in [0.717, 1.165) is 25.9 Å². The van der Waals surface area contributed by atoms with Crippen LogP contribution in [-0.4, -0.2) is 24.3 Å². The van der Waals surface area contributed by atoms with Gasteiger partial charge in [-0.05, 0) is 80.3 Å². The Morgan fingerprint density at radius 1 is 1.21 bits per heavy atom. The summed E-state index contributed by atoms with van der Waals surface area (Å²) in [5.41, 5.74) is 1.69. The van der Waals surface area contributed by atoms with Crippen LogP contribution in [0.15, 0.2) is 11.6 Å². The standard InChI is InChI=1S/C21H28O3/c1-12(22)15-3-4-16-14-10-19-18-9-13(23)5-8-21(18,11-24-19)17(14)6-7-20(15,16)2/h9,14-17,19H,3-8,10-11H2,1-2H3/t14-,15+,16-,17-,19?,20+,21-/m0/s1. The maximum absolute atomic E-state index is 12.2. The lowest BCUT2D eigenvalue weighted by atomic mass is 9.46. The monoisotopic (exact) mass is 328 g/mol. The van der Waals surface area contributed by atoms with E-state index in [1.807, 2.05) is 6.08 Å². The number of carbonyl (C=O) groups is 2. The maximum Gasteiger partial charge on any atom is 0.155 e. The first-order valence-electron chi connectivity index (χ1n) is 9.83. The lowest BCUT2D eigenvalue weighted by molar-refractivity contribution is -0.128. The Kier molecular flexibility index (Phi) is 3.07. The summed E-state index contributed by atoms with van der Waals surface area (Å²) < 4.78 is 6.22. The van der Waals surface area contributed by atoms with E-state index in [9.17, 15) is 9.59 Å². The number of hydrogen-bond donors (Lipinski definition) is 0. The topological polar surface area (TPSA) is 43.4 Å². The van der Waals surface area contributed by atoms with Crippen LogP contribution < -0.4 is 0 Å². The van der Waals surface area contributed by atoms with Gasteiger partial charge in [-0.25, -0.2) is 0 Å². The molecule has 0 N–H and O–H groups in total. The van der Waals surface area contributed by atoms with Crippen molar-refractivity contribution in [2.45, 2.75) is 64.9 Å². The van der Waals surface area contributed by atoms with Crippen molar-refractivity contribution in [3.8, 4) is 0 Å². The Labute approximate surface area is 144 Å². The summed E-state index contributed by atoms with van der Waals surface area (Å²) in [7, 11) is 0. The van der Waals surface area contributed by atoms with E-state index in [-0.39, 0.29) is 22.9 Å². The molecule has 1 unspecified atom stereocenters. The van der Waals surface area contributed by atoms with Crippen molar-refractivity contribution < 1.29 is 14.3 Å². The third-order valence-corrected chi connectivity index (χ3v) is 8.72. The molecule has 3 heteroatoms. The van der Waals surface area contributed by atoms with Crippen molar-refractivity contribution in [2.24, 2.45) is 34.5 Å². The van der Waals surface area contributed by atoms with Crippen molar-refractivity contribution in [3.63, 3.8) is 0 Å². The van der Waals surface area contributed by atoms with Gasteiger partial charge in [-0.2, -0.15) is 0 Å². The zero-order valence-electron chi connectivity index (χ0n) is 14.8. The smallest absolute Gasteiger partial charge is 0.155 e. The zero-order chi connectivity index (χ0) is 16.7. The molecule has 130 valence electrons. The number of ether oxygens (including phenoxy) is 1. The van der Waals surface area contributed by atoms with Crippen LogP contribution >= 0.6 is 0 Å². The number of fused-ring (bicyclic) bond motifs is 3. The van der Waals surface area contributed by atoms with Crippen LogP contribution in [-0.2, 0) is 14.3 Å². The van der Waals surface area contributed by atoms with Crippen LogP contribution in [0.2, 0.25) is 0 Å². The highest BCUT2D eigenvalue weighted by atomic mass is 16.5. The van der Waals surface area contributed by atoms with Gasteiger partial charge >= 0.3 is 0 Å². The summed E-state index contributed by atoms with van der Waals surface area (Å²) in [5.74, 6) is 2.99. The highest BCUT2D eigenvalue weighted by Crippen LogP contribution is 2.68. The Bertz CT molecular complexity index is 649. The number of hydrogen-bond acceptors (Lipinski definition) is 3. The Morgan fingerprint density at radius 2 is 2.04 bits per heavy atom. The van der Waals surface area contributed by atoms with Crippen LogP contribution in [0.3, 0.4) is 0 Å². The van der Waals surface area contributed by atoms with E-state index in [4.69, 9.17) is 4.74 Å². The summed E-state index contributed by atoms with van der Waals surface area (Å²) >= 11 is 0. The molecule has 2 bridgehead atoms. The fourth-order valence-corrected chi connectivity index (χ4v) is 7.71. The Balaban J connectivity index is 1.54. The van der Waals surface area contributed by atoms with Gasteiger partial charge in [0.1, 0.15) is 5.78 Å². The largest absolute Gasteiger partial charge is 0.373 e. The fraction of sp³-hybridized carbons (Fsp3) is 0.810. The molecule has 7 atom stereocenters. The second-order valence-corrected chi connectivity index (χ2v) is 9.42. The molecule has 5 aliphatic rings. The number of ketones is 2. The highest BCUT2D eigenvalue weighted by Gasteiger charge is 2.64. The van der Waals surface area contributed by atoms with Crippen LogP contribution in [0.25, 0.3) is 0 Å². The van der Waals surface area contributed by atoms with Crippen LogP contribution in [0.4, 0.5) is 0 Å². The van der Waals surface area contributed by atoms with Crippen molar-refractivity contribution in [1.29, 1.82) is 0 Å². The van der Waals surface area contributed by atoms with Crippen LogP contribution in [0.1, 0.15) is 58.8 Å². The second kappa shape index (κ2) is 4.81. The molecular formula is C21H28O3. The molecule has 0 amide bonds. The fourth-order valence-electron chi connectivity index (χ4n) is 7.71. The molecule has 3 nitrogen and oxygen atoms in total. The van der Waals surface area contributed by atoms with Gasteiger partial charge in [0.2, 0.25) is 0 Å². The van der Waals surface area contributed by atoms with Crippen molar-refractivity contribution >= 4 is 11.6 Å². The third-order valence-electron chi connectivity index (χ3n) is 8.72. The minimum Gasteiger partial charge on any atom is -0.373 e. The second-order valence-electron chi connectivity index (χ2n) is 9.42. The summed E-state index contributed by atoms with van der Waals surface area (Å²) in [6, 6.07) is 0. The molecule has 5 rings (SSSR count). The summed E-state index contributed by atoms with van der Waals surface area (Å²) in [6.07, 6.45) is 9.57. The quantitative estimate of drug-likeness (QED) is 0.737. The van der Waals surface area contributed by atoms with Gasteiger partial charge in [0, 0.05) is 17.8 Å². The van der Waals surface area contributed by atoms with E-state index in [1.54, 1.807) is 6.92 Å². The molecule has 0 aromatic rings. The van der Waals surface area contributed by atoms with Crippen LogP contribution in [0.5, 0.6) is 0 Å². The molecule has 4 fully saturated rings. The minimum absolute atomic E-state index is 0.150. The Morgan fingerprint density at radius 3 is 2.83 bits per heavy atom. The van der Waals surface area contributed by atoms with Crippen molar-refractivity contribution in [3.05, 3.63) is 11.6 Å². The molecule has 0 spiro atoms. The number of rotatable bonds is 1. The molecular weight excluding hydrogens is 300 g/mol. The molecule has 0 aromatic heterocycles. The lowest BCUT2D eigenvalue weighted by Crippen LogP contribution is -2.52. The minimum atomic E-state index is 0.150. The normalized spacial score (nSPS) is 52.3. The highest BCUT2D eigenvalue weighted by molar-refractivity contribution is 5.92. The van der Waals surface area contributed by atoms with Gasteiger partial charge in [0.05, 0.1) is 12.7 Å². The van der Waals surface area contributed by atoms with Gasteiger partial charge in [0.15, 0.2) is 5.78 Å². The van der Waals surface area contributed by atoms with E-state index in [0.29, 0.717) is 35.7 Å². The van der Waals surface area contributed by atoms with E-state index < -0.39 is 0 Å². The zero-order valence-corrected chi connectivity index (χ0v) is 14.8. The molecule has 3 saturated carbocycles. The number of Topliss-reactive ketones (excluding diaryl/α,β-unsaturated/α-hetero) is 1. The molecule has 4 aliphatic carbocycles. The summed E-state index contributed by atoms with van der Waals surface area (Å²) in [6.45, 7) is 5.02. The van der Waals surface area contributed by atoms with Gasteiger partial charge in [-0.3, -0.25) is 9.59 Å². The van der Waals surface area contributed by atoms with E-state index in [2.05, 4.69) is 6.92 Å². The van der Waals surface area contributed by atoms with Gasteiger partial charge in [0.25, 0.3) is 0 Å².